The van der Waals surface area contributed by atoms with Crippen molar-refractivity contribution in [3.63, 3.8) is 0 Å². The van der Waals surface area contributed by atoms with E-state index in [1.807, 2.05) is 6.92 Å². The third kappa shape index (κ3) is 2.96. The molecule has 0 saturated heterocycles. The highest BCUT2D eigenvalue weighted by Crippen LogP contribution is 2.37. The van der Waals surface area contributed by atoms with Gasteiger partial charge in [-0.25, -0.2) is 18.5 Å². The first kappa shape index (κ1) is 18.6. The fourth-order valence-corrected chi connectivity index (χ4v) is 3.22. The summed E-state index contributed by atoms with van der Waals surface area (Å²) in [5, 5.41) is 18.1. The predicted octanol–water partition coefficient (Wildman–Crippen LogP) is 4.93. The van der Waals surface area contributed by atoms with Crippen molar-refractivity contribution in [3.8, 4) is 5.69 Å². The van der Waals surface area contributed by atoms with Crippen LogP contribution in [-0.2, 0) is 5.60 Å². The molecule has 1 aromatic heterocycles. The van der Waals surface area contributed by atoms with Crippen molar-refractivity contribution in [2.75, 3.05) is 5.32 Å². The van der Waals surface area contributed by atoms with Gasteiger partial charge in [0.15, 0.2) is 5.82 Å². The molecule has 144 valence electrons. The van der Waals surface area contributed by atoms with E-state index in [0.29, 0.717) is 23.4 Å². The van der Waals surface area contributed by atoms with Gasteiger partial charge in [-0.05, 0) is 43.2 Å². The van der Waals surface area contributed by atoms with Crippen LogP contribution in [0.5, 0.6) is 0 Å². The quantitative estimate of drug-likeness (QED) is 0.653. The number of benzene rings is 2. The topological polar surface area (TPSA) is 62.4 Å². The van der Waals surface area contributed by atoms with Crippen molar-refractivity contribution >= 4 is 28.9 Å². The van der Waals surface area contributed by atoms with Crippen molar-refractivity contribution in [2.24, 2.45) is 4.99 Å². The lowest BCUT2D eigenvalue weighted by Gasteiger charge is -2.23. The van der Waals surface area contributed by atoms with Crippen LogP contribution in [0.3, 0.4) is 0 Å². The summed E-state index contributed by atoms with van der Waals surface area (Å²) in [6.45, 7) is 3.59. The van der Waals surface area contributed by atoms with E-state index < -0.39 is 17.2 Å². The number of fused-ring (bicyclic) bond motifs is 3. The number of aromatic nitrogens is 2. The Balaban J connectivity index is 1.95. The minimum atomic E-state index is -1.04. The third-order valence-corrected chi connectivity index (χ3v) is 5.17. The Morgan fingerprint density at radius 1 is 1.21 bits per heavy atom. The molecule has 0 saturated carbocycles. The van der Waals surface area contributed by atoms with Crippen LogP contribution >= 0.6 is 11.6 Å². The molecule has 0 radical (unpaired) electrons. The van der Waals surface area contributed by atoms with Crippen LogP contribution in [0.1, 0.15) is 31.4 Å². The Kier molecular flexibility index (Phi) is 4.44. The summed E-state index contributed by atoms with van der Waals surface area (Å²) in [6.07, 6.45) is 1.92. The van der Waals surface area contributed by atoms with Crippen molar-refractivity contribution in [1.82, 2.24) is 9.78 Å². The van der Waals surface area contributed by atoms with E-state index in [1.54, 1.807) is 25.1 Å². The van der Waals surface area contributed by atoms with E-state index in [0.717, 1.165) is 12.1 Å². The second-order valence-electron chi connectivity index (χ2n) is 6.77. The van der Waals surface area contributed by atoms with Crippen LogP contribution in [0.25, 0.3) is 5.69 Å². The molecule has 0 bridgehead atoms. The minimum Gasteiger partial charge on any atom is -0.385 e. The van der Waals surface area contributed by atoms with Gasteiger partial charge in [-0.2, -0.15) is 5.10 Å². The molecule has 2 aromatic carbocycles. The molecular formula is C20H17ClF2N4O. The summed E-state index contributed by atoms with van der Waals surface area (Å²) in [5.74, 6) is -1.28. The summed E-state index contributed by atoms with van der Waals surface area (Å²) < 4.78 is 30.2. The third-order valence-electron chi connectivity index (χ3n) is 4.91. The minimum absolute atomic E-state index is 0.0204. The second kappa shape index (κ2) is 6.68. The molecule has 5 nitrogen and oxygen atoms in total. The predicted molar refractivity (Wildman–Crippen MR) is 105 cm³/mol. The van der Waals surface area contributed by atoms with Crippen molar-refractivity contribution in [3.05, 3.63) is 70.4 Å². The van der Waals surface area contributed by atoms with Crippen molar-refractivity contribution in [2.45, 2.75) is 25.9 Å². The first-order valence-electron chi connectivity index (χ1n) is 8.72. The zero-order chi connectivity index (χ0) is 20.1. The number of nitrogens with one attached hydrogen (secondary N) is 1. The normalized spacial score (nSPS) is 15.0. The van der Waals surface area contributed by atoms with Gasteiger partial charge in [0.2, 0.25) is 0 Å². The van der Waals surface area contributed by atoms with Gasteiger partial charge in [0.25, 0.3) is 0 Å². The van der Waals surface area contributed by atoms with Gasteiger partial charge in [0.1, 0.15) is 22.5 Å². The molecule has 0 fully saturated rings. The van der Waals surface area contributed by atoms with E-state index in [9.17, 15) is 13.9 Å². The Morgan fingerprint density at radius 3 is 2.61 bits per heavy atom. The Bertz CT molecular complexity index is 1090. The SMILES string of the molecule is CCC(C)(O)c1ccc2c(c1)-n1ncc(Cl)c1N=C(c1c(F)cccc1F)N2. The first-order valence-corrected chi connectivity index (χ1v) is 9.10. The van der Waals surface area contributed by atoms with Gasteiger partial charge in [-0.1, -0.05) is 30.7 Å². The number of aliphatic hydroxyl groups is 1. The van der Waals surface area contributed by atoms with E-state index in [2.05, 4.69) is 15.4 Å². The number of amidine groups is 1. The van der Waals surface area contributed by atoms with Crippen LogP contribution < -0.4 is 5.32 Å². The Labute approximate surface area is 165 Å². The number of anilines is 1. The molecule has 0 spiro atoms. The molecule has 3 aromatic rings. The molecule has 1 unspecified atom stereocenters. The van der Waals surface area contributed by atoms with E-state index >= 15 is 0 Å². The average molecular weight is 403 g/mol. The standard InChI is InChI=1S/C20H17ClF2N4O/c1-3-20(2,28)11-7-8-15-16(9-11)27-19(12(21)10-24-27)26-18(25-15)17-13(22)5-4-6-14(17)23/h4-10,28H,3H2,1-2H3,(H,25,26). The molecule has 2 heterocycles. The van der Waals surface area contributed by atoms with Gasteiger partial charge < -0.3 is 10.4 Å². The maximum Gasteiger partial charge on any atom is 0.176 e. The largest absolute Gasteiger partial charge is 0.385 e. The average Bonchev–Trinajstić information content (AvgIpc) is 2.93. The van der Waals surface area contributed by atoms with E-state index in [4.69, 9.17) is 11.6 Å². The molecule has 1 aliphatic heterocycles. The molecule has 4 rings (SSSR count). The highest BCUT2D eigenvalue weighted by Gasteiger charge is 2.27. The van der Waals surface area contributed by atoms with Crippen LogP contribution in [0, 0.1) is 11.6 Å². The number of hydrogen-bond donors (Lipinski definition) is 2. The highest BCUT2D eigenvalue weighted by atomic mass is 35.5. The Morgan fingerprint density at radius 2 is 1.93 bits per heavy atom. The molecule has 1 aliphatic rings. The van der Waals surface area contributed by atoms with Gasteiger partial charge in [-0.15, -0.1) is 0 Å². The van der Waals surface area contributed by atoms with Gasteiger partial charge >= 0.3 is 0 Å². The van der Waals surface area contributed by atoms with E-state index in [-0.39, 0.29) is 22.2 Å². The first-order chi connectivity index (χ1) is 13.3. The summed E-state index contributed by atoms with van der Waals surface area (Å²) in [4.78, 5) is 4.35. The zero-order valence-corrected chi connectivity index (χ0v) is 15.9. The monoisotopic (exact) mass is 402 g/mol. The molecule has 1 atom stereocenters. The number of rotatable bonds is 3. The summed E-state index contributed by atoms with van der Waals surface area (Å²) in [6, 6.07) is 8.84. The highest BCUT2D eigenvalue weighted by molar-refractivity contribution is 6.33. The molecular weight excluding hydrogens is 386 g/mol. The lowest BCUT2D eigenvalue weighted by atomic mass is 9.92. The van der Waals surface area contributed by atoms with Crippen molar-refractivity contribution in [1.29, 1.82) is 0 Å². The number of aliphatic imine (C=N–C) groups is 1. The molecule has 8 heteroatoms. The summed E-state index contributed by atoms with van der Waals surface area (Å²) >= 11 is 6.23. The molecule has 0 amide bonds. The fourth-order valence-electron chi connectivity index (χ4n) is 3.05. The maximum atomic E-state index is 14.4. The molecule has 28 heavy (non-hydrogen) atoms. The van der Waals surface area contributed by atoms with E-state index in [1.165, 1.54) is 16.9 Å². The smallest absolute Gasteiger partial charge is 0.176 e. The lowest BCUT2D eigenvalue weighted by molar-refractivity contribution is 0.0531. The van der Waals surface area contributed by atoms with Crippen LogP contribution in [0.15, 0.2) is 47.6 Å². The van der Waals surface area contributed by atoms with Crippen LogP contribution in [0.4, 0.5) is 20.3 Å². The molecule has 0 aliphatic carbocycles. The van der Waals surface area contributed by atoms with Gasteiger partial charge in [0, 0.05) is 0 Å². The lowest BCUT2D eigenvalue weighted by Crippen LogP contribution is -2.21. The summed E-state index contributed by atoms with van der Waals surface area (Å²) in [7, 11) is 0. The number of nitrogens with zero attached hydrogens (tertiary/aromatic N) is 3. The van der Waals surface area contributed by atoms with Crippen LogP contribution in [-0.4, -0.2) is 20.7 Å². The number of hydrogen-bond acceptors (Lipinski definition) is 4. The van der Waals surface area contributed by atoms with Gasteiger partial charge in [0.05, 0.1) is 28.7 Å². The molecule has 2 N–H and O–H groups in total. The maximum absolute atomic E-state index is 14.4. The zero-order valence-electron chi connectivity index (χ0n) is 15.2. The number of halogens is 3. The van der Waals surface area contributed by atoms with Gasteiger partial charge in [-0.3, -0.25) is 0 Å². The summed E-state index contributed by atoms with van der Waals surface area (Å²) in [5.41, 5.74) is 0.427. The Hall–Kier alpha value is -2.77. The second-order valence-corrected chi connectivity index (χ2v) is 7.18. The van der Waals surface area contributed by atoms with Crippen LogP contribution in [0.2, 0.25) is 5.02 Å². The van der Waals surface area contributed by atoms with Crippen molar-refractivity contribution < 1.29 is 13.9 Å². The fraction of sp³-hybridized carbons (Fsp3) is 0.200.